The highest BCUT2D eigenvalue weighted by atomic mass is 16.5. The second-order valence-electron chi connectivity index (χ2n) is 9.37. The van der Waals surface area contributed by atoms with E-state index in [2.05, 4.69) is 47.4 Å². The van der Waals surface area contributed by atoms with Crippen molar-refractivity contribution >= 4 is 28.5 Å². The van der Waals surface area contributed by atoms with Crippen LogP contribution in [0.4, 0.5) is 5.82 Å². The number of nitrogens with zero attached hydrogens (tertiary/aromatic N) is 5. The molecule has 7 heteroatoms. The van der Waals surface area contributed by atoms with Crippen LogP contribution in [0.15, 0.2) is 48.5 Å². The van der Waals surface area contributed by atoms with Gasteiger partial charge in [0, 0.05) is 18.5 Å². The minimum absolute atomic E-state index is 0.257. The van der Waals surface area contributed by atoms with Crippen LogP contribution in [-0.2, 0) is 11.2 Å². The minimum Gasteiger partial charge on any atom is -0.465 e. The minimum atomic E-state index is -0.338. The number of carbonyl (C=O) groups excluding carboxylic acids is 1. The smallest absolute Gasteiger partial charge is 0.337 e. The fourth-order valence-corrected chi connectivity index (χ4v) is 5.27. The molecule has 0 aliphatic carbocycles. The van der Waals surface area contributed by atoms with Crippen molar-refractivity contribution < 1.29 is 9.53 Å². The Kier molecular flexibility index (Phi) is 5.91. The molecular formula is C28H29N5O2. The summed E-state index contributed by atoms with van der Waals surface area (Å²) in [6.07, 6.45) is 3.13. The second kappa shape index (κ2) is 9.05. The van der Waals surface area contributed by atoms with E-state index >= 15 is 0 Å². The molecule has 0 spiro atoms. The molecule has 1 atom stereocenters. The zero-order chi connectivity index (χ0) is 24.7. The number of ether oxygens (including phenoxy) is 1. The summed E-state index contributed by atoms with van der Waals surface area (Å²) in [6, 6.07) is 17.8. The highest BCUT2D eigenvalue weighted by molar-refractivity contribution is 5.89. The van der Waals surface area contributed by atoms with Gasteiger partial charge in [0.2, 0.25) is 0 Å². The molecule has 1 aliphatic rings. The number of methoxy groups -OCH3 is 1. The van der Waals surface area contributed by atoms with E-state index in [0.29, 0.717) is 17.5 Å². The highest BCUT2D eigenvalue weighted by Crippen LogP contribution is 2.36. The highest BCUT2D eigenvalue weighted by Gasteiger charge is 2.31. The molecule has 4 aromatic rings. The van der Waals surface area contributed by atoms with E-state index < -0.39 is 0 Å². The Labute approximate surface area is 205 Å². The number of nitriles is 1. The van der Waals surface area contributed by atoms with Gasteiger partial charge in [0.25, 0.3) is 0 Å². The Morgan fingerprint density at radius 2 is 2.00 bits per heavy atom. The fraction of sp³-hybridized carbons (Fsp3) is 0.321. The third-order valence-corrected chi connectivity index (χ3v) is 6.97. The zero-order valence-corrected chi connectivity index (χ0v) is 20.6. The quantitative estimate of drug-likeness (QED) is 0.402. The molecule has 0 bridgehead atoms. The van der Waals surface area contributed by atoms with E-state index in [9.17, 15) is 10.1 Å². The lowest BCUT2D eigenvalue weighted by molar-refractivity contribution is 0.0600. The lowest BCUT2D eigenvalue weighted by Gasteiger charge is -2.34. The number of fused-ring (bicyclic) bond motifs is 3. The van der Waals surface area contributed by atoms with Gasteiger partial charge in [-0.25, -0.2) is 9.78 Å². The molecule has 35 heavy (non-hydrogen) atoms. The van der Waals surface area contributed by atoms with Gasteiger partial charge in [-0.2, -0.15) is 5.26 Å². The molecule has 3 heterocycles. The molecule has 0 radical (unpaired) electrons. The first-order valence-electron chi connectivity index (χ1n) is 11.9. The number of para-hydroxylation sites is 1. The number of benzene rings is 2. The maximum Gasteiger partial charge on any atom is 0.337 e. The summed E-state index contributed by atoms with van der Waals surface area (Å²) in [6.45, 7) is 3.07. The van der Waals surface area contributed by atoms with Crippen molar-refractivity contribution in [2.75, 3.05) is 32.6 Å². The van der Waals surface area contributed by atoms with Gasteiger partial charge >= 0.3 is 5.97 Å². The maximum absolute atomic E-state index is 11.9. The van der Waals surface area contributed by atoms with E-state index in [1.165, 1.54) is 12.7 Å². The topological polar surface area (TPSA) is 73.9 Å². The van der Waals surface area contributed by atoms with E-state index in [1.807, 2.05) is 42.5 Å². The number of anilines is 1. The first-order chi connectivity index (χ1) is 16.9. The largest absolute Gasteiger partial charge is 0.465 e. The molecular weight excluding hydrogens is 438 g/mol. The molecule has 178 valence electrons. The molecule has 0 N–H and O–H groups in total. The summed E-state index contributed by atoms with van der Waals surface area (Å²) in [5.74, 6) is 0.757. The summed E-state index contributed by atoms with van der Waals surface area (Å²) >= 11 is 0. The Bertz CT molecular complexity index is 1460. The summed E-state index contributed by atoms with van der Waals surface area (Å²) < 4.78 is 7.03. The van der Waals surface area contributed by atoms with Crippen LogP contribution in [0.2, 0.25) is 0 Å². The molecule has 1 fully saturated rings. The SMILES string of the molecule is COC(=O)c1ccc(Cc2c(C)cc3nc4cccc(C#N)c4n3c2N2CCCC2N(C)C)cc1. The number of aromatic nitrogens is 2. The van der Waals surface area contributed by atoms with Crippen molar-refractivity contribution in [2.45, 2.75) is 32.4 Å². The van der Waals surface area contributed by atoms with Gasteiger partial charge in [-0.05, 0) is 75.3 Å². The molecule has 7 nitrogen and oxygen atoms in total. The predicted molar refractivity (Wildman–Crippen MR) is 137 cm³/mol. The van der Waals surface area contributed by atoms with Gasteiger partial charge in [-0.15, -0.1) is 0 Å². The van der Waals surface area contributed by atoms with Gasteiger partial charge < -0.3 is 9.64 Å². The first kappa shape index (κ1) is 22.9. The summed E-state index contributed by atoms with van der Waals surface area (Å²) in [7, 11) is 5.63. The van der Waals surface area contributed by atoms with Crippen LogP contribution in [0.3, 0.4) is 0 Å². The third-order valence-electron chi connectivity index (χ3n) is 6.97. The monoisotopic (exact) mass is 467 g/mol. The van der Waals surface area contributed by atoms with Gasteiger partial charge in [-0.3, -0.25) is 9.30 Å². The number of pyridine rings is 1. The van der Waals surface area contributed by atoms with Crippen molar-refractivity contribution in [3.8, 4) is 6.07 Å². The van der Waals surface area contributed by atoms with E-state index in [4.69, 9.17) is 9.72 Å². The zero-order valence-electron chi connectivity index (χ0n) is 20.6. The Morgan fingerprint density at radius 3 is 2.69 bits per heavy atom. The number of esters is 1. The van der Waals surface area contributed by atoms with Crippen LogP contribution >= 0.6 is 0 Å². The van der Waals surface area contributed by atoms with E-state index in [-0.39, 0.29) is 12.1 Å². The third kappa shape index (κ3) is 3.90. The van der Waals surface area contributed by atoms with Crippen molar-refractivity contribution in [3.05, 3.63) is 76.3 Å². The van der Waals surface area contributed by atoms with E-state index in [0.717, 1.165) is 53.0 Å². The van der Waals surface area contributed by atoms with Gasteiger partial charge in [0.1, 0.15) is 17.5 Å². The lowest BCUT2D eigenvalue weighted by Crippen LogP contribution is -2.42. The summed E-state index contributed by atoms with van der Waals surface area (Å²) in [5, 5.41) is 9.91. The van der Waals surface area contributed by atoms with E-state index in [1.54, 1.807) is 0 Å². The van der Waals surface area contributed by atoms with Gasteiger partial charge in [0.05, 0.1) is 35.4 Å². The van der Waals surface area contributed by atoms with Crippen molar-refractivity contribution in [3.63, 3.8) is 0 Å². The number of rotatable bonds is 5. The van der Waals surface area contributed by atoms with Crippen LogP contribution in [0.1, 0.15) is 45.5 Å². The Hall–Kier alpha value is -3.89. The number of aryl methyl sites for hydroxylation is 1. The normalized spacial score (nSPS) is 15.8. The standard InChI is InChI=1S/C28H29N5O2/c1-18-15-24-30-23-8-5-7-21(17-29)26(23)33(24)27(32-14-6-9-25(32)31(2)3)22(18)16-19-10-12-20(13-11-19)28(34)35-4/h5,7-8,10-13,15,25H,6,9,14,16H2,1-4H3. The summed E-state index contributed by atoms with van der Waals surface area (Å²) in [4.78, 5) is 21.5. The Balaban J connectivity index is 1.75. The van der Waals surface area contributed by atoms with Gasteiger partial charge in [-0.1, -0.05) is 18.2 Å². The molecule has 5 rings (SSSR count). The molecule has 1 saturated heterocycles. The van der Waals surface area contributed by atoms with Gasteiger partial charge in [0.15, 0.2) is 0 Å². The maximum atomic E-state index is 11.9. The van der Waals surface area contributed by atoms with Crippen LogP contribution in [0.25, 0.3) is 16.7 Å². The van der Waals surface area contributed by atoms with Crippen molar-refractivity contribution in [1.82, 2.24) is 14.3 Å². The van der Waals surface area contributed by atoms with Crippen LogP contribution in [-0.4, -0.2) is 54.2 Å². The number of hydrogen-bond acceptors (Lipinski definition) is 6. The first-order valence-corrected chi connectivity index (χ1v) is 11.9. The molecule has 1 aliphatic heterocycles. The predicted octanol–water partition coefficient (Wildman–Crippen LogP) is 4.53. The van der Waals surface area contributed by atoms with Crippen molar-refractivity contribution in [1.29, 1.82) is 5.26 Å². The number of imidazole rings is 1. The fourth-order valence-electron chi connectivity index (χ4n) is 5.27. The molecule has 2 aromatic heterocycles. The average molecular weight is 468 g/mol. The number of hydrogen-bond donors (Lipinski definition) is 0. The molecule has 0 saturated carbocycles. The second-order valence-corrected chi connectivity index (χ2v) is 9.37. The van der Waals surface area contributed by atoms with Crippen LogP contribution in [0.5, 0.6) is 0 Å². The van der Waals surface area contributed by atoms with Crippen LogP contribution in [0, 0.1) is 18.3 Å². The average Bonchev–Trinajstić information content (AvgIpc) is 3.49. The molecule has 0 amide bonds. The molecule has 1 unspecified atom stereocenters. The summed E-state index contributed by atoms with van der Waals surface area (Å²) in [5.41, 5.74) is 7.14. The lowest BCUT2D eigenvalue weighted by atomic mass is 9.99. The number of carbonyl (C=O) groups is 1. The van der Waals surface area contributed by atoms with Crippen molar-refractivity contribution in [2.24, 2.45) is 0 Å². The molecule has 2 aromatic carbocycles. The Morgan fingerprint density at radius 1 is 1.23 bits per heavy atom. The van der Waals surface area contributed by atoms with Crippen LogP contribution < -0.4 is 4.90 Å².